The highest BCUT2D eigenvalue weighted by molar-refractivity contribution is 7.24. The summed E-state index contributed by atoms with van der Waals surface area (Å²) in [5.74, 6) is 0. The van der Waals surface area contributed by atoms with Crippen molar-refractivity contribution in [3.8, 4) is 11.3 Å². The van der Waals surface area contributed by atoms with Gasteiger partial charge in [-0.2, -0.15) is 0 Å². The van der Waals surface area contributed by atoms with E-state index in [1.807, 2.05) is 6.33 Å². The summed E-state index contributed by atoms with van der Waals surface area (Å²) in [6, 6.07) is 11.2. The number of rotatable bonds is 2. The van der Waals surface area contributed by atoms with Crippen LogP contribution < -0.4 is 9.75 Å². The van der Waals surface area contributed by atoms with Crippen LogP contribution in [-0.2, 0) is 7.05 Å². The minimum Gasteiger partial charge on any atom is -0.231 e. The van der Waals surface area contributed by atoms with Crippen LogP contribution in [0.15, 0.2) is 36.7 Å². The van der Waals surface area contributed by atoms with Crippen LogP contribution >= 0.6 is 11.3 Å². The lowest BCUT2D eigenvalue weighted by molar-refractivity contribution is -0.662. The lowest BCUT2D eigenvalue weighted by atomic mass is 9.97. The van der Waals surface area contributed by atoms with Crippen molar-refractivity contribution in [2.75, 3.05) is 0 Å². The van der Waals surface area contributed by atoms with E-state index in [0.29, 0.717) is 0 Å². The number of nitrogens with zero attached hydrogens (tertiary/aromatic N) is 6. The first-order valence-electron chi connectivity index (χ1n) is 9.24. The Hall–Kier alpha value is -2.71. The van der Waals surface area contributed by atoms with E-state index in [0.717, 1.165) is 21.0 Å². The zero-order valence-electron chi connectivity index (χ0n) is 16.6. The zero-order valence-corrected chi connectivity index (χ0v) is 18.4. The van der Waals surface area contributed by atoms with Crippen molar-refractivity contribution in [2.24, 2.45) is 7.05 Å². The molecular formula is C20H21N6SSi+. The van der Waals surface area contributed by atoms with Gasteiger partial charge < -0.3 is 0 Å². The standard InChI is InChI=1S/C20H21N6SSi/c1-12-13-8-6-7-9-14(13)16(28(3,4)5)10-15(12)17-18-19(21-11-25(17)2)26-20(27-18)22-23-24-26/h6-11H,1-5H3/q+1. The summed E-state index contributed by atoms with van der Waals surface area (Å²) in [6.07, 6.45) is 1.86. The average Bonchev–Trinajstić information content (AvgIpc) is 3.23. The largest absolute Gasteiger partial charge is 0.293 e. The first kappa shape index (κ1) is 17.4. The van der Waals surface area contributed by atoms with Crippen molar-refractivity contribution in [3.63, 3.8) is 0 Å². The highest BCUT2D eigenvalue weighted by Crippen LogP contribution is 2.34. The van der Waals surface area contributed by atoms with E-state index >= 15 is 0 Å². The molecule has 0 atom stereocenters. The van der Waals surface area contributed by atoms with Crippen molar-refractivity contribution in [1.82, 2.24) is 25.0 Å². The van der Waals surface area contributed by atoms with Crippen LogP contribution in [0.5, 0.6) is 0 Å². The summed E-state index contributed by atoms with van der Waals surface area (Å²) in [5.41, 5.74) is 4.51. The third-order valence-electron chi connectivity index (χ3n) is 5.34. The molecule has 28 heavy (non-hydrogen) atoms. The fourth-order valence-corrected chi connectivity index (χ4v) is 6.59. The summed E-state index contributed by atoms with van der Waals surface area (Å²) in [4.78, 5) is 5.36. The van der Waals surface area contributed by atoms with Gasteiger partial charge in [0.05, 0.1) is 15.1 Å². The van der Waals surface area contributed by atoms with Gasteiger partial charge in [-0.3, -0.25) is 0 Å². The predicted octanol–water partition coefficient (Wildman–Crippen LogP) is 3.23. The summed E-state index contributed by atoms with van der Waals surface area (Å²) in [7, 11) is 0.504. The van der Waals surface area contributed by atoms with Crippen LogP contribution in [0.4, 0.5) is 0 Å². The Morgan fingerprint density at radius 1 is 1.11 bits per heavy atom. The molecule has 0 spiro atoms. The summed E-state index contributed by atoms with van der Waals surface area (Å²) < 4.78 is 4.91. The molecule has 2 aromatic carbocycles. The molecule has 3 heterocycles. The van der Waals surface area contributed by atoms with Crippen LogP contribution in [-0.4, -0.2) is 33.1 Å². The Balaban J connectivity index is 1.95. The van der Waals surface area contributed by atoms with Gasteiger partial charge in [0.1, 0.15) is 4.70 Å². The molecule has 0 bridgehead atoms. The third kappa shape index (κ3) is 2.41. The van der Waals surface area contributed by atoms with Gasteiger partial charge >= 0.3 is 0 Å². The zero-order chi connectivity index (χ0) is 19.6. The molecule has 0 aliphatic carbocycles. The van der Waals surface area contributed by atoms with Crippen molar-refractivity contribution in [2.45, 2.75) is 26.6 Å². The maximum atomic E-state index is 4.59. The Morgan fingerprint density at radius 2 is 1.86 bits per heavy atom. The lowest BCUT2D eigenvalue weighted by Crippen LogP contribution is -2.39. The van der Waals surface area contributed by atoms with Gasteiger partial charge in [0, 0.05) is 5.56 Å². The van der Waals surface area contributed by atoms with E-state index in [1.165, 1.54) is 27.1 Å². The Morgan fingerprint density at radius 3 is 2.61 bits per heavy atom. The van der Waals surface area contributed by atoms with Gasteiger partial charge in [-0.1, -0.05) is 71.6 Å². The molecule has 0 aliphatic rings. The van der Waals surface area contributed by atoms with Crippen molar-refractivity contribution < 1.29 is 4.57 Å². The van der Waals surface area contributed by atoms with Gasteiger partial charge in [0.25, 0.3) is 12.0 Å². The molecule has 3 aromatic heterocycles. The first-order chi connectivity index (χ1) is 13.4. The predicted molar refractivity (Wildman–Crippen MR) is 116 cm³/mol. The van der Waals surface area contributed by atoms with Crippen LogP contribution in [0, 0.1) is 6.92 Å². The van der Waals surface area contributed by atoms with Gasteiger partial charge in [-0.05, 0) is 38.7 Å². The number of benzene rings is 2. The number of aryl methyl sites for hydroxylation is 2. The molecule has 0 saturated carbocycles. The van der Waals surface area contributed by atoms with E-state index in [9.17, 15) is 0 Å². The second-order valence-electron chi connectivity index (χ2n) is 8.22. The third-order valence-corrected chi connectivity index (χ3v) is 8.38. The number of thiazole rings is 1. The molecule has 0 fully saturated rings. The Bertz CT molecular complexity index is 1380. The number of hydrogen-bond donors (Lipinski definition) is 0. The molecule has 140 valence electrons. The summed E-state index contributed by atoms with van der Waals surface area (Å²) in [6.45, 7) is 9.44. The van der Waals surface area contributed by atoms with Crippen LogP contribution in [0.2, 0.25) is 19.6 Å². The highest BCUT2D eigenvalue weighted by Gasteiger charge is 2.27. The van der Waals surface area contributed by atoms with Crippen molar-refractivity contribution in [3.05, 3.63) is 42.2 Å². The SMILES string of the molecule is Cc1c(-c2c3sc4nnnn4c3nc[n+]2C)cc([Si](C)(C)C)c2ccccc12. The fraction of sp³-hybridized carbons (Fsp3) is 0.250. The molecule has 8 heteroatoms. The lowest BCUT2D eigenvalue weighted by Gasteiger charge is -2.22. The molecule has 0 N–H and O–H groups in total. The molecule has 5 rings (SSSR count). The molecule has 0 aliphatic heterocycles. The molecule has 0 saturated heterocycles. The molecule has 0 radical (unpaired) electrons. The normalized spacial score (nSPS) is 12.5. The van der Waals surface area contributed by atoms with Gasteiger partial charge in [-0.15, -0.1) is 4.52 Å². The highest BCUT2D eigenvalue weighted by atomic mass is 32.1. The van der Waals surface area contributed by atoms with Gasteiger partial charge in [0.15, 0.2) is 5.69 Å². The second kappa shape index (κ2) is 5.89. The molecule has 0 unspecified atom stereocenters. The topological polar surface area (TPSA) is 59.9 Å². The van der Waals surface area contributed by atoms with Crippen molar-refractivity contribution in [1.29, 1.82) is 0 Å². The van der Waals surface area contributed by atoms with Crippen LogP contribution in [0.25, 0.3) is 37.3 Å². The van der Waals surface area contributed by atoms with Gasteiger partial charge in [0.2, 0.25) is 4.96 Å². The van der Waals surface area contributed by atoms with E-state index in [-0.39, 0.29) is 0 Å². The number of hydrogen-bond acceptors (Lipinski definition) is 5. The fourth-order valence-electron chi connectivity index (χ4n) is 3.93. The Labute approximate surface area is 167 Å². The minimum atomic E-state index is -1.55. The van der Waals surface area contributed by atoms with E-state index in [4.69, 9.17) is 0 Å². The smallest absolute Gasteiger partial charge is 0.231 e. The number of aromatic nitrogens is 6. The van der Waals surface area contributed by atoms with Crippen molar-refractivity contribution >= 4 is 50.7 Å². The monoisotopic (exact) mass is 405 g/mol. The average molecular weight is 406 g/mol. The van der Waals surface area contributed by atoms with Crippen LogP contribution in [0.3, 0.4) is 0 Å². The number of tetrazole rings is 1. The number of fused-ring (bicyclic) bond motifs is 4. The summed E-state index contributed by atoms with van der Waals surface area (Å²) >= 11 is 1.59. The minimum absolute atomic E-state index is 0.763. The first-order valence-corrected chi connectivity index (χ1v) is 13.6. The quantitative estimate of drug-likeness (QED) is 0.334. The maximum absolute atomic E-state index is 4.59. The second-order valence-corrected chi connectivity index (χ2v) is 14.2. The van der Waals surface area contributed by atoms with Crippen LogP contribution in [0.1, 0.15) is 5.56 Å². The molecule has 6 nitrogen and oxygen atoms in total. The molecule has 0 amide bonds. The molecular weight excluding hydrogens is 384 g/mol. The molecule has 5 aromatic rings. The Kier molecular flexibility index (Phi) is 3.66. The van der Waals surface area contributed by atoms with E-state index in [2.05, 4.69) is 89.0 Å². The van der Waals surface area contributed by atoms with E-state index < -0.39 is 8.07 Å². The summed E-state index contributed by atoms with van der Waals surface area (Å²) in [5, 5.41) is 16.2. The van der Waals surface area contributed by atoms with E-state index in [1.54, 1.807) is 15.9 Å². The van der Waals surface area contributed by atoms with Gasteiger partial charge in [-0.25, -0.2) is 4.57 Å². The maximum Gasteiger partial charge on any atom is 0.293 e.